The van der Waals surface area contributed by atoms with E-state index < -0.39 is 31.2 Å². The van der Waals surface area contributed by atoms with Crippen LogP contribution < -0.4 is 59.1 Å². The summed E-state index contributed by atoms with van der Waals surface area (Å²) < 4.78 is 97.6. The second-order valence-electron chi connectivity index (χ2n) is 13.0. The van der Waals surface area contributed by atoms with E-state index in [1.165, 1.54) is 148 Å². The average molecular weight is 847 g/mol. The van der Waals surface area contributed by atoms with Crippen LogP contribution in [0.2, 0.25) is 0 Å². The van der Waals surface area contributed by atoms with E-state index in [1.54, 1.807) is 0 Å². The van der Waals surface area contributed by atoms with Crippen LogP contribution in [0.25, 0.3) is 0 Å². The van der Waals surface area contributed by atoms with Gasteiger partial charge in [-0.05, 0) is 12.8 Å². The third kappa shape index (κ3) is 95.8. The van der Waals surface area contributed by atoms with E-state index in [-0.39, 0.29) is 73.8 Å². The van der Waals surface area contributed by atoms with E-state index in [0.29, 0.717) is 12.8 Å². The predicted octanol–water partition coefficient (Wildman–Crippen LogP) is 5.66. The first-order valence-corrected chi connectivity index (χ1v) is 23.9. The first-order valence-electron chi connectivity index (χ1n) is 19.8. The van der Waals surface area contributed by atoms with Crippen LogP contribution in [0.3, 0.4) is 0 Å². The molecule has 0 radical (unpaired) electrons. The van der Waals surface area contributed by atoms with Gasteiger partial charge in [0, 0.05) is 0 Å². The number of hydrogen-bond acceptors (Lipinski definition) is 8. The fourth-order valence-corrected chi connectivity index (χ4v) is 5.65. The molecular formula is C36H80Na2O12S3. The Labute approximate surface area is 373 Å². The minimum atomic E-state index is -4.67. The van der Waals surface area contributed by atoms with Gasteiger partial charge in [0.15, 0.2) is 0 Å². The normalized spacial score (nSPS) is 11.1. The molecule has 17 heteroatoms. The van der Waals surface area contributed by atoms with E-state index in [2.05, 4.69) is 36.1 Å². The predicted molar refractivity (Wildman–Crippen MR) is 211 cm³/mol. The van der Waals surface area contributed by atoms with Crippen molar-refractivity contribution >= 4 is 31.2 Å². The molecule has 4 N–H and O–H groups in total. The van der Waals surface area contributed by atoms with Crippen molar-refractivity contribution < 1.29 is 112 Å². The van der Waals surface area contributed by atoms with Crippen LogP contribution in [0, 0.1) is 6.92 Å². The van der Waals surface area contributed by atoms with Gasteiger partial charge in [0.2, 0.25) is 0 Å². The average Bonchev–Trinajstić information content (AvgIpc) is 3.03. The van der Waals surface area contributed by atoms with Crippen LogP contribution in [0.4, 0.5) is 0 Å². The van der Waals surface area contributed by atoms with Crippen LogP contribution in [0.15, 0.2) is 0 Å². The van der Waals surface area contributed by atoms with Crippen molar-refractivity contribution in [1.29, 1.82) is 0 Å². The summed E-state index contributed by atoms with van der Waals surface area (Å²) in [5.41, 5.74) is 0. The molecule has 0 aromatic rings. The molecule has 0 bridgehead atoms. The van der Waals surface area contributed by atoms with Gasteiger partial charge in [-0.1, -0.05) is 194 Å². The van der Waals surface area contributed by atoms with Crippen molar-refractivity contribution in [2.75, 3.05) is 13.2 Å². The molecule has 0 saturated heterocycles. The minimum absolute atomic E-state index is 0. The molecule has 0 aromatic carbocycles. The van der Waals surface area contributed by atoms with Gasteiger partial charge >= 0.3 is 90.3 Å². The van der Waals surface area contributed by atoms with E-state index in [4.69, 9.17) is 26.6 Å². The maximum absolute atomic E-state index is 10.2. The van der Waals surface area contributed by atoms with Crippen LogP contribution in [-0.2, 0) is 39.6 Å². The largest absolute Gasteiger partial charge is 1.00 e. The van der Waals surface area contributed by atoms with Crippen LogP contribution in [0.1, 0.15) is 215 Å². The maximum atomic E-state index is 10.2. The Balaban J connectivity index is -0.000000114. The van der Waals surface area contributed by atoms with Crippen molar-refractivity contribution in [2.45, 2.75) is 213 Å². The Morgan fingerprint density at radius 1 is 0.377 bits per heavy atom. The SMILES string of the molecule is CCCCCCCCCCCCOS(=O)(=O)O.CCCCCCCCCCCCOS(=O)(=O)O.O=S(=O)(O)O.[CH2-]CCCCCCCCCCC.[H-].[Na+].[Na+]. The smallest absolute Gasteiger partial charge is 1.00 e. The molecule has 0 amide bonds. The zero-order chi connectivity index (χ0) is 39.5. The molecule has 0 rings (SSSR count). The fourth-order valence-electron chi connectivity index (χ4n) is 4.99. The summed E-state index contributed by atoms with van der Waals surface area (Å²) in [5, 5.41) is 0. The molecule has 0 aromatic heterocycles. The number of hydrogen-bond donors (Lipinski definition) is 4. The zero-order valence-electron chi connectivity index (χ0n) is 35.6. The van der Waals surface area contributed by atoms with Gasteiger partial charge in [0.25, 0.3) is 0 Å². The molecule has 0 aliphatic heterocycles. The molecule has 53 heavy (non-hydrogen) atoms. The molecule has 316 valence electrons. The maximum Gasteiger partial charge on any atom is 1.00 e. The van der Waals surface area contributed by atoms with Crippen molar-refractivity contribution in [3.8, 4) is 0 Å². The third-order valence-corrected chi connectivity index (χ3v) is 8.74. The van der Waals surface area contributed by atoms with Gasteiger partial charge in [0.05, 0.1) is 13.2 Å². The molecule has 0 heterocycles. The zero-order valence-corrected chi connectivity index (χ0v) is 41.1. The quantitative estimate of drug-likeness (QED) is 0.0274. The molecule has 0 atom stereocenters. The molecule has 0 spiro atoms. The minimum Gasteiger partial charge on any atom is -1.00 e. The van der Waals surface area contributed by atoms with Crippen LogP contribution >= 0.6 is 0 Å². The van der Waals surface area contributed by atoms with E-state index in [0.717, 1.165) is 32.1 Å². The van der Waals surface area contributed by atoms with Crippen molar-refractivity contribution in [3.05, 3.63) is 6.92 Å². The Kier molecular flexibility index (Phi) is 64.7. The van der Waals surface area contributed by atoms with Gasteiger partial charge in [0.1, 0.15) is 0 Å². The van der Waals surface area contributed by atoms with Crippen molar-refractivity contribution in [1.82, 2.24) is 0 Å². The monoisotopic (exact) mass is 846 g/mol. The van der Waals surface area contributed by atoms with Crippen molar-refractivity contribution in [2.24, 2.45) is 0 Å². The summed E-state index contributed by atoms with van der Waals surface area (Å²) in [4.78, 5) is 0. The summed E-state index contributed by atoms with van der Waals surface area (Å²) in [5.74, 6) is 0. The summed E-state index contributed by atoms with van der Waals surface area (Å²) in [6.07, 6.45) is 37.6. The second kappa shape index (κ2) is 51.6. The molecule has 0 fully saturated rings. The molecule has 0 unspecified atom stereocenters. The first kappa shape index (κ1) is 66.4. The van der Waals surface area contributed by atoms with Gasteiger partial charge in [-0.2, -0.15) is 31.7 Å². The Hall–Kier alpha value is 1.61. The van der Waals surface area contributed by atoms with Gasteiger partial charge in [-0.25, -0.2) is 8.37 Å². The van der Waals surface area contributed by atoms with Crippen LogP contribution in [-0.4, -0.2) is 56.7 Å². The van der Waals surface area contributed by atoms with Crippen molar-refractivity contribution in [3.63, 3.8) is 0 Å². The molecule has 12 nitrogen and oxygen atoms in total. The summed E-state index contributed by atoms with van der Waals surface area (Å²) >= 11 is 0. The van der Waals surface area contributed by atoms with E-state index in [1.807, 2.05) is 0 Å². The molecule has 0 aliphatic rings. The standard InChI is InChI=1S/2C12H26O4S.C12H25.2Na.H2O4S.H/c2*1-2-3-4-5-6-7-8-9-10-11-12-16-17(13,14)15;1-3-5-7-9-11-12-10-8-6-4-2;;;1-5(2,3)4;/h2*2-12H2,1H3,(H,13,14,15);1,3-12H2,2H3;;;(H2,1,2,3,4);/q;;-1;2*+1;;-1. The topological polar surface area (TPSA) is 202 Å². The summed E-state index contributed by atoms with van der Waals surface area (Å²) in [7, 11) is -13.1. The van der Waals surface area contributed by atoms with Gasteiger partial charge in [-0.3, -0.25) is 18.2 Å². The van der Waals surface area contributed by atoms with Crippen LogP contribution in [0.5, 0.6) is 0 Å². The molecular weight excluding hydrogens is 767 g/mol. The second-order valence-corrected chi connectivity index (χ2v) is 16.1. The Bertz CT molecular complexity index is 921. The molecule has 0 saturated carbocycles. The Morgan fingerprint density at radius 2 is 0.547 bits per heavy atom. The number of unbranched alkanes of at least 4 members (excludes halogenated alkanes) is 27. The number of rotatable bonds is 33. The fraction of sp³-hybridized carbons (Fsp3) is 0.972. The summed E-state index contributed by atoms with van der Waals surface area (Å²) in [6.45, 7) is 10.7. The Morgan fingerprint density at radius 3 is 0.717 bits per heavy atom. The third-order valence-electron chi connectivity index (χ3n) is 7.81. The van der Waals surface area contributed by atoms with Gasteiger partial charge < -0.3 is 8.35 Å². The van der Waals surface area contributed by atoms with Gasteiger partial charge in [-0.15, -0.1) is 0 Å². The summed E-state index contributed by atoms with van der Waals surface area (Å²) in [6, 6.07) is 0. The van der Waals surface area contributed by atoms with E-state index in [9.17, 15) is 16.8 Å². The first-order chi connectivity index (χ1) is 24.0. The van der Waals surface area contributed by atoms with E-state index >= 15 is 0 Å². The molecule has 0 aliphatic carbocycles.